The lowest BCUT2D eigenvalue weighted by molar-refractivity contribution is 0.319. The Bertz CT molecular complexity index is 579. The summed E-state index contributed by atoms with van der Waals surface area (Å²) < 4.78 is 1.65. The van der Waals surface area contributed by atoms with E-state index in [4.69, 9.17) is 11.6 Å². The van der Waals surface area contributed by atoms with E-state index in [1.54, 1.807) is 28.9 Å². The van der Waals surface area contributed by atoms with Gasteiger partial charge in [0.25, 0.3) is 0 Å². The van der Waals surface area contributed by atoms with Gasteiger partial charge in [-0.15, -0.1) is 5.10 Å². The molecule has 0 atom stereocenters. The Hall–Kier alpha value is -1.95. The second-order valence-electron chi connectivity index (χ2n) is 4.39. The number of aromatic nitrogens is 4. The van der Waals surface area contributed by atoms with Crippen LogP contribution in [0, 0.1) is 0 Å². The third kappa shape index (κ3) is 3.33. The fourth-order valence-corrected chi connectivity index (χ4v) is 2.00. The molecule has 0 amide bonds. The Morgan fingerprint density at radius 2 is 2.05 bits per heavy atom. The van der Waals surface area contributed by atoms with E-state index in [1.807, 2.05) is 0 Å². The average molecular weight is 294 g/mol. The van der Waals surface area contributed by atoms with Crippen LogP contribution in [0.2, 0.25) is 5.02 Å². The second kappa shape index (κ2) is 7.00. The third-order valence-electron chi connectivity index (χ3n) is 2.93. The van der Waals surface area contributed by atoms with Crippen LogP contribution >= 0.6 is 11.6 Å². The zero-order valence-corrected chi connectivity index (χ0v) is 12.0. The molecule has 0 unspecified atom stereocenters. The molecule has 6 nitrogen and oxygen atoms in total. The number of oxime groups is 1. The van der Waals surface area contributed by atoms with Crippen LogP contribution < -0.4 is 0 Å². The molecule has 0 saturated heterocycles. The summed E-state index contributed by atoms with van der Waals surface area (Å²) in [6, 6.07) is 6.99. The fourth-order valence-electron chi connectivity index (χ4n) is 1.88. The molecule has 1 aromatic heterocycles. The van der Waals surface area contributed by atoms with Gasteiger partial charge >= 0.3 is 0 Å². The Morgan fingerprint density at radius 3 is 2.70 bits per heavy atom. The molecule has 0 bridgehead atoms. The number of hydrogen-bond donors (Lipinski definition) is 1. The van der Waals surface area contributed by atoms with E-state index >= 15 is 0 Å². The van der Waals surface area contributed by atoms with Gasteiger partial charge in [-0.2, -0.15) is 0 Å². The summed E-state index contributed by atoms with van der Waals surface area (Å²) in [5.74, 6) is 0.450. The van der Waals surface area contributed by atoms with Crippen LogP contribution in [-0.4, -0.2) is 31.1 Å². The molecule has 2 rings (SSSR count). The highest BCUT2D eigenvalue weighted by Gasteiger charge is 2.16. The molecule has 7 heteroatoms. The van der Waals surface area contributed by atoms with Gasteiger partial charge in [0.15, 0.2) is 5.71 Å². The van der Waals surface area contributed by atoms with Gasteiger partial charge in [0.05, 0.1) is 0 Å². The van der Waals surface area contributed by atoms with Gasteiger partial charge in [-0.3, -0.25) is 0 Å². The summed E-state index contributed by atoms with van der Waals surface area (Å²) in [6.45, 7) is 2.83. The Balaban J connectivity index is 2.24. The number of halogens is 1. The first-order valence-electron chi connectivity index (χ1n) is 6.50. The van der Waals surface area contributed by atoms with Crippen molar-refractivity contribution in [2.24, 2.45) is 5.16 Å². The van der Waals surface area contributed by atoms with E-state index in [9.17, 15) is 5.21 Å². The third-order valence-corrected chi connectivity index (χ3v) is 3.19. The van der Waals surface area contributed by atoms with Crippen molar-refractivity contribution in [1.82, 2.24) is 20.2 Å². The maximum atomic E-state index is 9.26. The lowest BCUT2D eigenvalue weighted by Crippen LogP contribution is -2.14. The maximum Gasteiger partial charge on any atom is 0.204 e. The average Bonchev–Trinajstić information content (AvgIpc) is 2.91. The van der Waals surface area contributed by atoms with E-state index in [2.05, 4.69) is 27.6 Å². The van der Waals surface area contributed by atoms with Crippen molar-refractivity contribution in [2.75, 3.05) is 0 Å². The van der Waals surface area contributed by atoms with Gasteiger partial charge < -0.3 is 5.21 Å². The quantitative estimate of drug-likeness (QED) is 0.384. The molecule has 0 aliphatic rings. The van der Waals surface area contributed by atoms with Gasteiger partial charge in [-0.1, -0.05) is 48.7 Å². The van der Waals surface area contributed by atoms with E-state index in [0.717, 1.165) is 19.3 Å². The van der Waals surface area contributed by atoms with Crippen molar-refractivity contribution in [1.29, 1.82) is 0 Å². The van der Waals surface area contributed by atoms with Gasteiger partial charge in [-0.25, -0.2) is 4.68 Å². The molecule has 1 aromatic carbocycles. The summed E-state index contributed by atoms with van der Waals surface area (Å²) in [4.78, 5) is 0. The summed E-state index contributed by atoms with van der Waals surface area (Å²) in [6.07, 6.45) is 3.20. The van der Waals surface area contributed by atoms with Crippen LogP contribution in [0.3, 0.4) is 0 Å². The Kier molecular flexibility index (Phi) is 5.06. The molecule has 0 saturated carbocycles. The minimum atomic E-state index is 0.336. The molecule has 2 aromatic rings. The SMILES string of the molecule is CCCCCn1nnnc1/C(=N\O)c1ccc(Cl)cc1. The zero-order chi connectivity index (χ0) is 14.4. The Morgan fingerprint density at radius 1 is 1.30 bits per heavy atom. The lowest BCUT2D eigenvalue weighted by Gasteiger charge is -2.06. The normalized spacial score (nSPS) is 11.8. The number of benzene rings is 1. The van der Waals surface area contributed by atoms with Crippen LogP contribution in [0.1, 0.15) is 37.6 Å². The summed E-state index contributed by atoms with van der Waals surface area (Å²) in [5, 5.41) is 24.7. The standard InChI is InChI=1S/C13H16ClN5O/c1-2-3-4-9-19-13(15-17-18-19)12(16-20)10-5-7-11(14)8-6-10/h5-8,20H,2-4,9H2,1H3/b16-12-. The van der Waals surface area contributed by atoms with E-state index in [0.29, 0.717) is 28.7 Å². The summed E-state index contributed by atoms with van der Waals surface area (Å²) >= 11 is 5.85. The first-order chi connectivity index (χ1) is 9.76. The molecule has 0 spiro atoms. The summed E-state index contributed by atoms with van der Waals surface area (Å²) in [7, 11) is 0. The second-order valence-corrected chi connectivity index (χ2v) is 4.82. The van der Waals surface area contributed by atoms with Crippen molar-refractivity contribution in [2.45, 2.75) is 32.7 Å². The predicted octanol–water partition coefficient (Wildman–Crippen LogP) is 2.74. The highest BCUT2D eigenvalue weighted by molar-refractivity contribution is 6.30. The smallest absolute Gasteiger partial charge is 0.204 e. The van der Waals surface area contributed by atoms with Crippen LogP contribution in [0.25, 0.3) is 0 Å². The van der Waals surface area contributed by atoms with Crippen molar-refractivity contribution < 1.29 is 5.21 Å². The molecule has 0 aliphatic carbocycles. The largest absolute Gasteiger partial charge is 0.410 e. The molecular weight excluding hydrogens is 278 g/mol. The number of nitrogens with zero attached hydrogens (tertiary/aromatic N) is 5. The minimum absolute atomic E-state index is 0.336. The molecule has 20 heavy (non-hydrogen) atoms. The Labute approximate surface area is 122 Å². The predicted molar refractivity (Wildman–Crippen MR) is 76.2 cm³/mol. The monoisotopic (exact) mass is 293 g/mol. The minimum Gasteiger partial charge on any atom is -0.410 e. The number of hydrogen-bond acceptors (Lipinski definition) is 5. The van der Waals surface area contributed by atoms with Crippen LogP contribution in [0.15, 0.2) is 29.4 Å². The van der Waals surface area contributed by atoms with Crippen LogP contribution in [-0.2, 0) is 6.54 Å². The summed E-state index contributed by atoms with van der Waals surface area (Å²) in [5.41, 5.74) is 1.05. The molecule has 0 fully saturated rings. The van der Waals surface area contributed by atoms with Crippen LogP contribution in [0.5, 0.6) is 0 Å². The number of unbranched alkanes of at least 4 members (excludes halogenated alkanes) is 2. The van der Waals surface area contributed by atoms with Gasteiger partial charge in [0.1, 0.15) is 0 Å². The van der Waals surface area contributed by atoms with Crippen molar-refractivity contribution >= 4 is 17.3 Å². The molecule has 106 valence electrons. The fraction of sp³-hybridized carbons (Fsp3) is 0.385. The van der Waals surface area contributed by atoms with Gasteiger partial charge in [0, 0.05) is 17.1 Å². The zero-order valence-electron chi connectivity index (χ0n) is 11.2. The number of rotatable bonds is 6. The number of aryl methyl sites for hydroxylation is 1. The topological polar surface area (TPSA) is 76.2 Å². The molecule has 1 heterocycles. The van der Waals surface area contributed by atoms with E-state index < -0.39 is 0 Å². The molecular formula is C13H16ClN5O. The number of tetrazole rings is 1. The van der Waals surface area contributed by atoms with Crippen LogP contribution in [0.4, 0.5) is 0 Å². The van der Waals surface area contributed by atoms with E-state index in [1.165, 1.54) is 0 Å². The van der Waals surface area contributed by atoms with Crippen molar-refractivity contribution in [3.05, 3.63) is 40.7 Å². The first kappa shape index (κ1) is 14.5. The molecule has 1 N–H and O–H groups in total. The van der Waals surface area contributed by atoms with Crippen molar-refractivity contribution in [3.8, 4) is 0 Å². The lowest BCUT2D eigenvalue weighted by atomic mass is 10.1. The van der Waals surface area contributed by atoms with Gasteiger partial charge in [-0.05, 0) is 29.0 Å². The van der Waals surface area contributed by atoms with Crippen molar-refractivity contribution in [3.63, 3.8) is 0 Å². The highest BCUT2D eigenvalue weighted by atomic mass is 35.5. The molecule has 0 radical (unpaired) electrons. The maximum absolute atomic E-state index is 9.26. The van der Waals surface area contributed by atoms with E-state index in [-0.39, 0.29) is 0 Å². The molecule has 0 aliphatic heterocycles. The highest BCUT2D eigenvalue weighted by Crippen LogP contribution is 2.13. The first-order valence-corrected chi connectivity index (χ1v) is 6.88. The van der Waals surface area contributed by atoms with Gasteiger partial charge in [0.2, 0.25) is 5.82 Å².